The summed E-state index contributed by atoms with van der Waals surface area (Å²) < 4.78 is 74.7. The van der Waals surface area contributed by atoms with Gasteiger partial charge in [0.15, 0.2) is 5.69 Å². The Kier molecular flexibility index (Phi) is 9.21. The van der Waals surface area contributed by atoms with Crippen molar-refractivity contribution in [2.75, 3.05) is 0 Å². The van der Waals surface area contributed by atoms with Gasteiger partial charge in [-0.2, -0.15) is 18.3 Å². The Balaban J connectivity index is 1.88. The van der Waals surface area contributed by atoms with Crippen molar-refractivity contribution in [1.82, 2.24) is 19.8 Å². The molecule has 222 valence electrons. The molecule has 2 aromatic carbocycles. The second-order valence-electron chi connectivity index (χ2n) is 11.0. The van der Waals surface area contributed by atoms with Gasteiger partial charge in [0, 0.05) is 5.56 Å². The predicted molar refractivity (Wildman–Crippen MR) is 147 cm³/mol. The molecule has 0 bridgehead atoms. The van der Waals surface area contributed by atoms with E-state index in [1.807, 2.05) is 11.6 Å². The van der Waals surface area contributed by atoms with Crippen LogP contribution in [0.3, 0.4) is 0 Å². The quantitative estimate of drug-likeness (QED) is 0.350. The summed E-state index contributed by atoms with van der Waals surface area (Å²) in [5, 5.41) is 6.12. The maximum atomic E-state index is 13.5. The number of rotatable bonds is 8. The minimum absolute atomic E-state index is 0.0685. The molecule has 0 radical (unpaired) electrons. The highest BCUT2D eigenvalue weighted by Crippen LogP contribution is 2.33. The van der Waals surface area contributed by atoms with Gasteiger partial charge in [0.2, 0.25) is 0 Å². The lowest BCUT2D eigenvalue weighted by molar-refractivity contribution is -0.141. The maximum Gasteiger partial charge on any atom is 0.435 e. The number of aryl methyl sites for hydroxylation is 1. The van der Waals surface area contributed by atoms with E-state index in [0.717, 1.165) is 28.4 Å². The molecule has 0 saturated carbocycles. The number of alkyl halides is 3. The molecule has 41 heavy (non-hydrogen) atoms. The van der Waals surface area contributed by atoms with E-state index in [-0.39, 0.29) is 28.6 Å². The van der Waals surface area contributed by atoms with Crippen molar-refractivity contribution in [3.05, 3.63) is 65.9 Å². The molecule has 0 saturated heterocycles. The summed E-state index contributed by atoms with van der Waals surface area (Å²) in [6, 6.07) is 11.4. The SMILES string of the molecule is Cc1ccc(-c2cc(C(F)(F)F)nn2-c2ccc(S(=O)(=O)NC(=O)C(CC(C)C)NC(=O)OC(C)(C)C)cc2)cc1. The Morgan fingerprint density at radius 2 is 1.59 bits per heavy atom. The first-order valence-electron chi connectivity index (χ1n) is 12.8. The number of carbonyl (C=O) groups excluding carboxylic acids is 2. The fourth-order valence-electron chi connectivity index (χ4n) is 3.83. The zero-order valence-electron chi connectivity index (χ0n) is 23.5. The molecular weight excluding hydrogens is 561 g/mol. The summed E-state index contributed by atoms with van der Waals surface area (Å²) in [6.07, 6.45) is -5.43. The Hall–Kier alpha value is -3.87. The number of ether oxygens (including phenoxy) is 1. The normalized spacial score (nSPS) is 13.1. The molecule has 1 heterocycles. The number of amides is 2. The topological polar surface area (TPSA) is 119 Å². The van der Waals surface area contributed by atoms with Gasteiger partial charge in [-0.3, -0.25) is 4.79 Å². The molecule has 3 rings (SSSR count). The average molecular weight is 595 g/mol. The minimum Gasteiger partial charge on any atom is -0.444 e. The van der Waals surface area contributed by atoms with Gasteiger partial charge < -0.3 is 10.1 Å². The van der Waals surface area contributed by atoms with Crippen LogP contribution < -0.4 is 10.0 Å². The van der Waals surface area contributed by atoms with Crippen LogP contribution in [0, 0.1) is 12.8 Å². The highest BCUT2D eigenvalue weighted by atomic mass is 32.2. The van der Waals surface area contributed by atoms with Crippen molar-refractivity contribution in [3.8, 4) is 16.9 Å². The first kappa shape index (κ1) is 31.7. The molecule has 0 aliphatic carbocycles. The van der Waals surface area contributed by atoms with Crippen molar-refractivity contribution in [3.63, 3.8) is 0 Å². The van der Waals surface area contributed by atoms with Gasteiger partial charge in [-0.05, 0) is 70.4 Å². The van der Waals surface area contributed by atoms with E-state index >= 15 is 0 Å². The molecule has 2 amide bonds. The van der Waals surface area contributed by atoms with Crippen LogP contribution in [0.5, 0.6) is 0 Å². The van der Waals surface area contributed by atoms with Crippen LogP contribution in [0.4, 0.5) is 18.0 Å². The van der Waals surface area contributed by atoms with Crippen LogP contribution in [-0.2, 0) is 25.7 Å². The van der Waals surface area contributed by atoms with E-state index in [4.69, 9.17) is 4.74 Å². The van der Waals surface area contributed by atoms with Gasteiger partial charge in [-0.1, -0.05) is 43.7 Å². The molecule has 0 fully saturated rings. The molecular formula is C28H33F3N4O5S. The number of nitrogens with one attached hydrogen (secondary N) is 2. The number of aromatic nitrogens is 2. The summed E-state index contributed by atoms with van der Waals surface area (Å²) >= 11 is 0. The molecule has 3 aromatic rings. The number of alkyl carbamates (subject to hydrolysis) is 1. The lowest BCUT2D eigenvalue weighted by atomic mass is 10.0. The highest BCUT2D eigenvalue weighted by molar-refractivity contribution is 7.90. The Bertz CT molecular complexity index is 1490. The second-order valence-corrected chi connectivity index (χ2v) is 12.7. The fraction of sp³-hybridized carbons (Fsp3) is 0.393. The predicted octanol–water partition coefficient (Wildman–Crippen LogP) is 5.61. The number of sulfonamides is 1. The standard InChI is InChI=1S/C28H33F3N4O5S/c1-17(2)15-22(32-26(37)40-27(4,5)6)25(36)34-41(38,39)21-13-11-20(12-14-21)35-23(16-24(33-35)28(29,30)31)19-9-7-18(3)8-10-19/h7-14,16-17,22H,15H2,1-6H3,(H,32,37)(H,34,36). The van der Waals surface area contributed by atoms with Gasteiger partial charge in [0.1, 0.15) is 11.6 Å². The molecule has 2 N–H and O–H groups in total. The number of hydrogen-bond donors (Lipinski definition) is 2. The number of benzene rings is 2. The highest BCUT2D eigenvalue weighted by Gasteiger charge is 2.35. The summed E-state index contributed by atoms with van der Waals surface area (Å²) in [5.41, 5.74) is -0.200. The summed E-state index contributed by atoms with van der Waals surface area (Å²) in [4.78, 5) is 24.8. The first-order chi connectivity index (χ1) is 18.9. The van der Waals surface area contributed by atoms with Crippen LogP contribution in [0.15, 0.2) is 59.5 Å². The number of carbonyl (C=O) groups is 2. The minimum atomic E-state index is -4.70. The summed E-state index contributed by atoms with van der Waals surface area (Å²) in [6.45, 7) is 10.4. The third kappa shape index (κ3) is 8.56. The lowest BCUT2D eigenvalue weighted by Gasteiger charge is -2.24. The van der Waals surface area contributed by atoms with Crippen LogP contribution in [-0.4, -0.2) is 41.8 Å². The summed E-state index contributed by atoms with van der Waals surface area (Å²) in [7, 11) is -4.40. The van der Waals surface area contributed by atoms with Crippen molar-refractivity contribution in [2.24, 2.45) is 5.92 Å². The number of hydrogen-bond acceptors (Lipinski definition) is 6. The Morgan fingerprint density at radius 1 is 1.00 bits per heavy atom. The molecule has 13 heteroatoms. The van der Waals surface area contributed by atoms with Crippen LogP contribution in [0.2, 0.25) is 0 Å². The summed E-state index contributed by atoms with van der Waals surface area (Å²) in [5.74, 6) is -1.03. The van der Waals surface area contributed by atoms with Crippen molar-refractivity contribution in [1.29, 1.82) is 0 Å². The largest absolute Gasteiger partial charge is 0.444 e. The van der Waals surface area contributed by atoms with Crippen LogP contribution >= 0.6 is 0 Å². The van der Waals surface area contributed by atoms with E-state index in [1.165, 1.54) is 12.1 Å². The van der Waals surface area contributed by atoms with E-state index in [0.29, 0.717) is 5.56 Å². The van der Waals surface area contributed by atoms with Gasteiger partial charge in [-0.15, -0.1) is 0 Å². The smallest absolute Gasteiger partial charge is 0.435 e. The van der Waals surface area contributed by atoms with E-state index in [9.17, 15) is 31.2 Å². The van der Waals surface area contributed by atoms with E-state index < -0.39 is 45.5 Å². The maximum absolute atomic E-state index is 13.5. The Labute approximate surface area is 237 Å². The van der Waals surface area contributed by atoms with Gasteiger partial charge in [0.05, 0.1) is 16.3 Å². The van der Waals surface area contributed by atoms with Crippen LogP contribution in [0.25, 0.3) is 16.9 Å². The average Bonchev–Trinajstić information content (AvgIpc) is 3.29. The van der Waals surface area contributed by atoms with Crippen LogP contribution in [0.1, 0.15) is 52.3 Å². The van der Waals surface area contributed by atoms with Crippen molar-refractivity contribution >= 4 is 22.0 Å². The molecule has 0 aliphatic rings. The third-order valence-corrected chi connectivity index (χ3v) is 7.05. The number of halogens is 3. The zero-order chi connectivity index (χ0) is 30.8. The molecule has 0 aliphatic heterocycles. The van der Waals surface area contributed by atoms with Gasteiger partial charge in [0.25, 0.3) is 15.9 Å². The second kappa shape index (κ2) is 11.9. The van der Waals surface area contributed by atoms with E-state index in [1.54, 1.807) is 58.9 Å². The third-order valence-electron chi connectivity index (χ3n) is 5.69. The molecule has 1 atom stereocenters. The monoisotopic (exact) mass is 594 g/mol. The fourth-order valence-corrected chi connectivity index (χ4v) is 4.85. The van der Waals surface area contributed by atoms with Gasteiger partial charge >= 0.3 is 12.3 Å². The van der Waals surface area contributed by atoms with Crippen molar-refractivity contribution < 1.29 is 35.9 Å². The zero-order valence-corrected chi connectivity index (χ0v) is 24.4. The Morgan fingerprint density at radius 3 is 2.10 bits per heavy atom. The lowest BCUT2D eigenvalue weighted by Crippen LogP contribution is -2.50. The van der Waals surface area contributed by atoms with E-state index in [2.05, 4.69) is 10.4 Å². The molecule has 9 nitrogen and oxygen atoms in total. The first-order valence-corrected chi connectivity index (χ1v) is 14.2. The van der Waals surface area contributed by atoms with Crippen molar-refractivity contribution in [2.45, 2.75) is 70.7 Å². The van der Waals surface area contributed by atoms with Gasteiger partial charge in [-0.25, -0.2) is 22.6 Å². The molecule has 1 aromatic heterocycles. The molecule has 1 unspecified atom stereocenters. The molecule has 0 spiro atoms. The number of nitrogens with zero attached hydrogens (tertiary/aromatic N) is 2.